The van der Waals surface area contributed by atoms with Crippen molar-refractivity contribution >= 4 is 23.6 Å². The summed E-state index contributed by atoms with van der Waals surface area (Å²) in [5.74, 6) is 0.353. The molecule has 1 aliphatic rings. The van der Waals surface area contributed by atoms with Crippen LogP contribution in [0.1, 0.15) is 12.8 Å². The van der Waals surface area contributed by atoms with Crippen molar-refractivity contribution in [2.24, 2.45) is 0 Å². The summed E-state index contributed by atoms with van der Waals surface area (Å²) in [5, 5.41) is 2.13. The number of nitrogens with one attached hydrogen (secondary N) is 1. The Morgan fingerprint density at radius 1 is 1.35 bits per heavy atom. The van der Waals surface area contributed by atoms with Gasteiger partial charge in [-0.1, -0.05) is 12.1 Å². The fraction of sp³-hybridized carbons (Fsp3) is 0.333. The molecule has 1 N–H and O–H groups in total. The van der Waals surface area contributed by atoms with Crippen LogP contribution < -0.4 is 10.1 Å². The SMILES string of the molecule is COc1ccccc1SC1CCC(=O)NC1=O. The van der Waals surface area contributed by atoms with Crippen LogP contribution in [0.4, 0.5) is 0 Å². The fourth-order valence-corrected chi connectivity index (χ4v) is 2.79. The number of hydrogen-bond acceptors (Lipinski definition) is 4. The van der Waals surface area contributed by atoms with E-state index in [1.165, 1.54) is 11.8 Å². The molecule has 0 bridgehead atoms. The lowest BCUT2D eigenvalue weighted by Gasteiger charge is -2.20. The highest BCUT2D eigenvalue weighted by Crippen LogP contribution is 2.34. The predicted octanol–water partition coefficient (Wildman–Crippen LogP) is 1.59. The molecule has 5 heteroatoms. The van der Waals surface area contributed by atoms with Crippen molar-refractivity contribution in [1.82, 2.24) is 5.32 Å². The third-order valence-electron chi connectivity index (χ3n) is 2.53. The molecule has 1 heterocycles. The van der Waals surface area contributed by atoms with Crippen LogP contribution in [-0.4, -0.2) is 24.2 Å². The van der Waals surface area contributed by atoms with Crippen LogP contribution in [0.5, 0.6) is 5.75 Å². The molecule has 0 radical (unpaired) electrons. The van der Waals surface area contributed by atoms with Gasteiger partial charge >= 0.3 is 0 Å². The van der Waals surface area contributed by atoms with Gasteiger partial charge in [0.25, 0.3) is 0 Å². The van der Waals surface area contributed by atoms with E-state index in [2.05, 4.69) is 5.32 Å². The first kappa shape index (κ1) is 12.0. The summed E-state index contributed by atoms with van der Waals surface area (Å²) in [7, 11) is 1.60. The zero-order valence-corrected chi connectivity index (χ0v) is 10.3. The number of carbonyl (C=O) groups excluding carboxylic acids is 2. The highest BCUT2D eigenvalue weighted by atomic mass is 32.2. The normalized spacial score (nSPS) is 19.9. The summed E-state index contributed by atoms with van der Waals surface area (Å²) in [4.78, 5) is 23.6. The lowest BCUT2D eigenvalue weighted by Crippen LogP contribution is -2.42. The van der Waals surface area contributed by atoms with Crippen LogP contribution in [0.15, 0.2) is 29.2 Å². The number of benzene rings is 1. The summed E-state index contributed by atoms with van der Waals surface area (Å²) in [6, 6.07) is 7.55. The molecule has 1 aromatic carbocycles. The average molecular weight is 251 g/mol. The highest BCUT2D eigenvalue weighted by Gasteiger charge is 2.27. The summed E-state index contributed by atoms with van der Waals surface area (Å²) >= 11 is 1.44. The number of rotatable bonds is 3. The molecule has 2 amide bonds. The van der Waals surface area contributed by atoms with Crippen molar-refractivity contribution in [1.29, 1.82) is 0 Å². The van der Waals surface area contributed by atoms with Crippen molar-refractivity contribution in [2.75, 3.05) is 7.11 Å². The third-order valence-corrected chi connectivity index (χ3v) is 3.85. The van der Waals surface area contributed by atoms with E-state index in [0.717, 1.165) is 10.6 Å². The second-order valence-corrected chi connectivity index (χ2v) is 4.95. The van der Waals surface area contributed by atoms with E-state index < -0.39 is 0 Å². The molecule has 1 saturated heterocycles. The van der Waals surface area contributed by atoms with Gasteiger partial charge in [0.15, 0.2) is 0 Å². The maximum Gasteiger partial charge on any atom is 0.240 e. The minimum Gasteiger partial charge on any atom is -0.496 e. The molecule has 0 aromatic heterocycles. The van der Waals surface area contributed by atoms with Crippen molar-refractivity contribution < 1.29 is 14.3 Å². The quantitative estimate of drug-likeness (QED) is 0.829. The maximum atomic E-state index is 11.6. The first-order valence-electron chi connectivity index (χ1n) is 5.34. The Hall–Kier alpha value is -1.49. The molecule has 4 nitrogen and oxygen atoms in total. The number of para-hydroxylation sites is 1. The largest absolute Gasteiger partial charge is 0.496 e. The molecular formula is C12H13NO3S. The van der Waals surface area contributed by atoms with Crippen molar-refractivity contribution in [2.45, 2.75) is 23.0 Å². The Morgan fingerprint density at radius 2 is 2.12 bits per heavy atom. The number of imide groups is 1. The minimum atomic E-state index is -0.219. The molecular weight excluding hydrogens is 238 g/mol. The van der Waals surface area contributed by atoms with Crippen molar-refractivity contribution in [3.8, 4) is 5.75 Å². The Morgan fingerprint density at radius 3 is 2.82 bits per heavy atom. The Labute approximate surface area is 104 Å². The van der Waals surface area contributed by atoms with Crippen LogP contribution in [0.3, 0.4) is 0 Å². The summed E-state index contributed by atoms with van der Waals surface area (Å²) < 4.78 is 5.22. The second kappa shape index (κ2) is 5.23. The van der Waals surface area contributed by atoms with E-state index >= 15 is 0 Å². The van der Waals surface area contributed by atoms with E-state index in [9.17, 15) is 9.59 Å². The first-order chi connectivity index (χ1) is 8.20. The second-order valence-electron chi connectivity index (χ2n) is 3.71. The van der Waals surface area contributed by atoms with E-state index in [1.807, 2.05) is 24.3 Å². The van der Waals surface area contributed by atoms with Gasteiger partial charge in [0.2, 0.25) is 11.8 Å². The van der Waals surface area contributed by atoms with Crippen molar-refractivity contribution in [3.63, 3.8) is 0 Å². The third kappa shape index (κ3) is 2.79. The van der Waals surface area contributed by atoms with Crippen LogP contribution in [-0.2, 0) is 9.59 Å². The zero-order chi connectivity index (χ0) is 12.3. The van der Waals surface area contributed by atoms with Gasteiger partial charge in [-0.15, -0.1) is 11.8 Å². The maximum absolute atomic E-state index is 11.6. The molecule has 0 saturated carbocycles. The number of thioether (sulfide) groups is 1. The van der Waals surface area contributed by atoms with Crippen LogP contribution >= 0.6 is 11.8 Å². The molecule has 1 fully saturated rings. The lowest BCUT2D eigenvalue weighted by atomic mass is 10.1. The summed E-state index contributed by atoms with van der Waals surface area (Å²) in [6.45, 7) is 0. The van der Waals surface area contributed by atoms with Gasteiger partial charge in [0, 0.05) is 6.42 Å². The topological polar surface area (TPSA) is 55.4 Å². The number of amides is 2. The molecule has 1 atom stereocenters. The molecule has 1 aliphatic heterocycles. The number of ether oxygens (including phenoxy) is 1. The Kier molecular flexibility index (Phi) is 3.68. The first-order valence-corrected chi connectivity index (χ1v) is 6.22. The number of piperidine rings is 1. The van der Waals surface area contributed by atoms with Gasteiger partial charge in [0.1, 0.15) is 5.75 Å². The molecule has 0 spiro atoms. The Balaban J connectivity index is 2.10. The molecule has 90 valence electrons. The number of hydrogen-bond donors (Lipinski definition) is 1. The fourth-order valence-electron chi connectivity index (χ4n) is 1.66. The smallest absolute Gasteiger partial charge is 0.240 e. The minimum absolute atomic E-state index is 0.188. The van der Waals surface area contributed by atoms with Gasteiger partial charge < -0.3 is 4.74 Å². The summed E-state index contributed by atoms with van der Waals surface area (Å²) in [5.41, 5.74) is 0. The predicted molar refractivity (Wildman–Crippen MR) is 65.0 cm³/mol. The monoisotopic (exact) mass is 251 g/mol. The highest BCUT2D eigenvalue weighted by molar-refractivity contribution is 8.00. The molecule has 1 unspecified atom stereocenters. The van der Waals surface area contributed by atoms with Crippen LogP contribution in [0.2, 0.25) is 0 Å². The standard InChI is InChI=1S/C12H13NO3S/c1-16-8-4-2-3-5-9(8)17-10-6-7-11(14)13-12(10)15/h2-5,10H,6-7H2,1H3,(H,13,14,15). The van der Waals surface area contributed by atoms with E-state index in [1.54, 1.807) is 7.11 Å². The van der Waals surface area contributed by atoms with Gasteiger partial charge in [0.05, 0.1) is 17.3 Å². The molecule has 17 heavy (non-hydrogen) atoms. The van der Waals surface area contributed by atoms with E-state index in [4.69, 9.17) is 4.74 Å². The van der Waals surface area contributed by atoms with Crippen molar-refractivity contribution in [3.05, 3.63) is 24.3 Å². The molecule has 1 aromatic rings. The molecule has 2 rings (SSSR count). The molecule has 0 aliphatic carbocycles. The van der Waals surface area contributed by atoms with E-state index in [-0.39, 0.29) is 17.1 Å². The van der Waals surface area contributed by atoms with E-state index in [0.29, 0.717) is 12.8 Å². The van der Waals surface area contributed by atoms with Gasteiger partial charge in [-0.2, -0.15) is 0 Å². The van der Waals surface area contributed by atoms with Crippen LogP contribution in [0, 0.1) is 0 Å². The average Bonchev–Trinajstić information content (AvgIpc) is 2.33. The van der Waals surface area contributed by atoms with Gasteiger partial charge in [-0.05, 0) is 18.6 Å². The Bertz CT molecular complexity index is 447. The lowest BCUT2D eigenvalue weighted by molar-refractivity contribution is -0.132. The van der Waals surface area contributed by atoms with Gasteiger partial charge in [-0.3, -0.25) is 14.9 Å². The van der Waals surface area contributed by atoms with Crippen LogP contribution in [0.25, 0.3) is 0 Å². The number of methoxy groups -OCH3 is 1. The summed E-state index contributed by atoms with van der Waals surface area (Å²) in [6.07, 6.45) is 0.978. The number of carbonyl (C=O) groups is 2. The van der Waals surface area contributed by atoms with Gasteiger partial charge in [-0.25, -0.2) is 0 Å². The zero-order valence-electron chi connectivity index (χ0n) is 9.43.